The molecule has 1 fully saturated rings. The lowest BCUT2D eigenvalue weighted by Gasteiger charge is -2.22. The zero-order valence-corrected chi connectivity index (χ0v) is 9.95. The molecule has 1 aromatic rings. The van der Waals surface area contributed by atoms with E-state index >= 15 is 0 Å². The molecule has 1 unspecified atom stereocenters. The van der Waals surface area contributed by atoms with E-state index < -0.39 is 0 Å². The molecule has 0 spiro atoms. The molecule has 2 nitrogen and oxygen atoms in total. The summed E-state index contributed by atoms with van der Waals surface area (Å²) >= 11 is 0. The van der Waals surface area contributed by atoms with Crippen molar-refractivity contribution >= 4 is 0 Å². The van der Waals surface area contributed by atoms with Crippen LogP contribution in [0.4, 0.5) is 0 Å². The minimum atomic E-state index is 0.703. The zero-order chi connectivity index (χ0) is 11.0. The summed E-state index contributed by atoms with van der Waals surface area (Å²) in [6, 6.07) is 9.54. The Bertz CT molecular complexity index is 346. The van der Waals surface area contributed by atoms with Gasteiger partial charge in [0.1, 0.15) is 0 Å². The molecule has 86 valence electrons. The van der Waals surface area contributed by atoms with Crippen molar-refractivity contribution in [2.24, 2.45) is 5.92 Å². The van der Waals surface area contributed by atoms with Crippen LogP contribution in [0.2, 0.25) is 0 Å². The van der Waals surface area contributed by atoms with E-state index in [1.165, 1.54) is 30.5 Å². The highest BCUT2D eigenvalue weighted by Gasteiger charge is 2.32. The number of likely N-dealkylation sites (N-methyl/N-ethyl adjacent to an activating group) is 1. The number of nitrogens with one attached hydrogen (secondary N) is 1. The number of benzene rings is 1. The van der Waals surface area contributed by atoms with Gasteiger partial charge in [0.15, 0.2) is 0 Å². The molecule has 0 amide bonds. The van der Waals surface area contributed by atoms with Crippen molar-refractivity contribution in [3.05, 3.63) is 35.4 Å². The molecule has 0 aromatic heterocycles. The second-order valence-corrected chi connectivity index (χ2v) is 5.17. The van der Waals surface area contributed by atoms with Crippen LogP contribution in [0.3, 0.4) is 0 Å². The summed E-state index contributed by atoms with van der Waals surface area (Å²) in [5, 5.41) is 3.48. The van der Waals surface area contributed by atoms with E-state index in [-0.39, 0.29) is 0 Å². The SMILES string of the molecule is CNC(CN1Cc2ccccc2C1)C1CC1. The minimum Gasteiger partial charge on any atom is -0.315 e. The van der Waals surface area contributed by atoms with Crippen LogP contribution in [0.25, 0.3) is 0 Å². The fraction of sp³-hybridized carbons (Fsp3) is 0.571. The molecule has 1 aromatic carbocycles. The van der Waals surface area contributed by atoms with Gasteiger partial charge in [0.25, 0.3) is 0 Å². The maximum Gasteiger partial charge on any atom is 0.0241 e. The summed E-state index contributed by atoms with van der Waals surface area (Å²) in [7, 11) is 2.10. The second kappa shape index (κ2) is 4.19. The Balaban J connectivity index is 1.62. The average Bonchev–Trinajstić information content (AvgIpc) is 3.06. The number of hydrogen-bond donors (Lipinski definition) is 1. The summed E-state index contributed by atoms with van der Waals surface area (Å²) in [6.45, 7) is 3.48. The number of fused-ring (bicyclic) bond motifs is 1. The van der Waals surface area contributed by atoms with Crippen molar-refractivity contribution in [2.45, 2.75) is 32.0 Å². The summed E-state index contributed by atoms with van der Waals surface area (Å²) in [5.41, 5.74) is 3.04. The fourth-order valence-electron chi connectivity index (χ4n) is 2.79. The number of hydrogen-bond acceptors (Lipinski definition) is 2. The number of rotatable bonds is 4. The van der Waals surface area contributed by atoms with E-state index in [9.17, 15) is 0 Å². The highest BCUT2D eigenvalue weighted by atomic mass is 15.2. The maximum atomic E-state index is 3.48. The minimum absolute atomic E-state index is 0.703. The first-order valence-electron chi connectivity index (χ1n) is 6.33. The Kier molecular flexibility index (Phi) is 2.70. The van der Waals surface area contributed by atoms with Gasteiger partial charge in [-0.15, -0.1) is 0 Å². The summed E-state index contributed by atoms with van der Waals surface area (Å²) in [5.74, 6) is 0.939. The van der Waals surface area contributed by atoms with Crippen molar-refractivity contribution in [2.75, 3.05) is 13.6 Å². The van der Waals surface area contributed by atoms with E-state index in [4.69, 9.17) is 0 Å². The maximum absolute atomic E-state index is 3.48. The Morgan fingerprint density at radius 1 is 1.25 bits per heavy atom. The fourth-order valence-corrected chi connectivity index (χ4v) is 2.79. The summed E-state index contributed by atoms with van der Waals surface area (Å²) < 4.78 is 0. The van der Waals surface area contributed by atoms with Crippen LogP contribution in [0.5, 0.6) is 0 Å². The molecule has 1 aliphatic carbocycles. The highest BCUT2D eigenvalue weighted by Crippen LogP contribution is 2.34. The van der Waals surface area contributed by atoms with E-state index in [1.54, 1.807) is 0 Å². The molecule has 1 aliphatic heterocycles. The van der Waals surface area contributed by atoms with Crippen LogP contribution in [0.1, 0.15) is 24.0 Å². The molecular weight excluding hydrogens is 196 g/mol. The van der Waals surface area contributed by atoms with Gasteiger partial charge in [-0.3, -0.25) is 4.90 Å². The van der Waals surface area contributed by atoms with E-state index in [0.717, 1.165) is 19.0 Å². The second-order valence-electron chi connectivity index (χ2n) is 5.17. The average molecular weight is 216 g/mol. The van der Waals surface area contributed by atoms with Gasteiger partial charge >= 0.3 is 0 Å². The molecular formula is C14H20N2. The first-order chi connectivity index (χ1) is 7.86. The first kappa shape index (κ1) is 10.3. The molecule has 2 aliphatic rings. The Morgan fingerprint density at radius 2 is 1.88 bits per heavy atom. The van der Waals surface area contributed by atoms with Gasteiger partial charge in [0, 0.05) is 25.7 Å². The Labute approximate surface area is 97.6 Å². The van der Waals surface area contributed by atoms with E-state index in [1.807, 2.05) is 0 Å². The molecule has 1 N–H and O–H groups in total. The van der Waals surface area contributed by atoms with Crippen molar-refractivity contribution in [3.8, 4) is 0 Å². The predicted molar refractivity (Wildman–Crippen MR) is 66.1 cm³/mol. The van der Waals surface area contributed by atoms with Gasteiger partial charge < -0.3 is 5.32 Å². The van der Waals surface area contributed by atoms with Gasteiger partial charge in [-0.2, -0.15) is 0 Å². The molecule has 0 radical (unpaired) electrons. The van der Waals surface area contributed by atoms with Crippen LogP contribution in [0.15, 0.2) is 24.3 Å². The zero-order valence-electron chi connectivity index (χ0n) is 9.95. The van der Waals surface area contributed by atoms with Gasteiger partial charge in [-0.25, -0.2) is 0 Å². The van der Waals surface area contributed by atoms with Crippen LogP contribution in [-0.2, 0) is 13.1 Å². The molecule has 1 heterocycles. The third-order valence-corrected chi connectivity index (χ3v) is 3.92. The lowest BCUT2D eigenvalue weighted by molar-refractivity contribution is 0.241. The first-order valence-corrected chi connectivity index (χ1v) is 6.33. The molecule has 1 saturated carbocycles. The topological polar surface area (TPSA) is 15.3 Å². The van der Waals surface area contributed by atoms with E-state index in [0.29, 0.717) is 6.04 Å². The molecule has 16 heavy (non-hydrogen) atoms. The van der Waals surface area contributed by atoms with Crippen LogP contribution < -0.4 is 5.32 Å². The Morgan fingerprint density at radius 3 is 2.38 bits per heavy atom. The molecule has 1 atom stereocenters. The summed E-state index contributed by atoms with van der Waals surface area (Å²) in [6.07, 6.45) is 2.85. The Hall–Kier alpha value is -0.860. The molecule has 2 heteroatoms. The largest absolute Gasteiger partial charge is 0.315 e. The third kappa shape index (κ3) is 2.00. The lowest BCUT2D eigenvalue weighted by Crippen LogP contribution is -2.38. The number of nitrogens with zero attached hydrogens (tertiary/aromatic N) is 1. The van der Waals surface area contributed by atoms with Gasteiger partial charge in [0.05, 0.1) is 0 Å². The van der Waals surface area contributed by atoms with Crippen molar-refractivity contribution < 1.29 is 0 Å². The predicted octanol–water partition coefficient (Wildman–Crippen LogP) is 2.00. The van der Waals surface area contributed by atoms with Crippen LogP contribution in [-0.4, -0.2) is 24.5 Å². The normalized spacial score (nSPS) is 22.1. The molecule has 0 bridgehead atoms. The van der Waals surface area contributed by atoms with Gasteiger partial charge in [-0.05, 0) is 36.9 Å². The molecule has 3 rings (SSSR count). The third-order valence-electron chi connectivity index (χ3n) is 3.92. The quantitative estimate of drug-likeness (QED) is 0.828. The monoisotopic (exact) mass is 216 g/mol. The van der Waals surface area contributed by atoms with Gasteiger partial charge in [0.2, 0.25) is 0 Å². The van der Waals surface area contributed by atoms with Crippen LogP contribution >= 0.6 is 0 Å². The van der Waals surface area contributed by atoms with Crippen molar-refractivity contribution in [1.29, 1.82) is 0 Å². The lowest BCUT2D eigenvalue weighted by atomic mass is 10.1. The van der Waals surface area contributed by atoms with Gasteiger partial charge in [-0.1, -0.05) is 24.3 Å². The standard InChI is InChI=1S/C14H20N2/c1-15-14(11-6-7-11)10-16-8-12-4-2-3-5-13(12)9-16/h2-5,11,14-15H,6-10H2,1H3. The summed E-state index contributed by atoms with van der Waals surface area (Å²) in [4.78, 5) is 2.57. The van der Waals surface area contributed by atoms with E-state index in [2.05, 4.69) is 41.5 Å². The smallest absolute Gasteiger partial charge is 0.0241 e. The highest BCUT2D eigenvalue weighted by molar-refractivity contribution is 5.30. The van der Waals surface area contributed by atoms with Crippen LogP contribution in [0, 0.1) is 5.92 Å². The van der Waals surface area contributed by atoms with Crippen molar-refractivity contribution in [1.82, 2.24) is 10.2 Å². The van der Waals surface area contributed by atoms with Crippen molar-refractivity contribution in [3.63, 3.8) is 0 Å². The molecule has 0 saturated heterocycles.